The maximum absolute atomic E-state index is 14.7. The van der Waals surface area contributed by atoms with Gasteiger partial charge in [-0.2, -0.15) is 5.10 Å². The lowest BCUT2D eigenvalue weighted by Gasteiger charge is -2.33. The summed E-state index contributed by atoms with van der Waals surface area (Å²) in [5, 5.41) is 31.4. The van der Waals surface area contributed by atoms with Gasteiger partial charge in [0.15, 0.2) is 0 Å². The van der Waals surface area contributed by atoms with Crippen LogP contribution in [0.1, 0.15) is 11.1 Å². The SMILES string of the molecule is O=[N+]([O-])c1ccc(CNC2=CC3=CN(CC(O)(Cn4cncn4)c4ccc(F)cc4F)NC3C=C2)cc1. The molecule has 3 N–H and O–H groups in total. The van der Waals surface area contributed by atoms with Crippen molar-refractivity contribution in [2.75, 3.05) is 6.54 Å². The van der Waals surface area contributed by atoms with E-state index in [1.807, 2.05) is 24.4 Å². The number of rotatable bonds is 9. The van der Waals surface area contributed by atoms with Crippen LogP contribution in [0, 0.1) is 21.7 Å². The molecule has 37 heavy (non-hydrogen) atoms. The third-order valence-corrected chi connectivity index (χ3v) is 6.16. The second-order valence-electron chi connectivity index (χ2n) is 8.85. The van der Waals surface area contributed by atoms with Crippen molar-refractivity contribution in [1.82, 2.24) is 30.5 Å². The lowest BCUT2D eigenvalue weighted by Crippen LogP contribution is -2.47. The van der Waals surface area contributed by atoms with Gasteiger partial charge in [0.05, 0.1) is 24.1 Å². The van der Waals surface area contributed by atoms with Crippen molar-refractivity contribution in [3.05, 3.63) is 124 Å². The van der Waals surface area contributed by atoms with E-state index in [0.717, 1.165) is 29.0 Å². The summed E-state index contributed by atoms with van der Waals surface area (Å²) in [6.07, 6.45) is 10.3. The number of β-amino-alcohol motifs (C(OH)–C–C–N with tert-alkyl or cyclic N) is 1. The number of nitrogens with one attached hydrogen (secondary N) is 2. The molecular weight excluding hydrogens is 484 g/mol. The standard InChI is InChI=1S/C25H23F2N7O3/c26-19-3-7-22(23(27)10-19)25(35,14-33-16-28-15-30-33)13-32-12-18-9-20(4-8-24(18)31-32)29-11-17-1-5-21(6-2-17)34(36)37/h1-10,12,15-16,24,29,31,35H,11,13-14H2. The first-order valence-corrected chi connectivity index (χ1v) is 11.4. The van der Waals surface area contributed by atoms with Gasteiger partial charge >= 0.3 is 0 Å². The van der Waals surface area contributed by atoms with Gasteiger partial charge in [-0.3, -0.25) is 10.1 Å². The number of non-ortho nitro benzene ring substituents is 1. The molecule has 0 fully saturated rings. The first-order chi connectivity index (χ1) is 17.8. The molecule has 1 aliphatic carbocycles. The summed E-state index contributed by atoms with van der Waals surface area (Å²) < 4.78 is 29.7. The summed E-state index contributed by atoms with van der Waals surface area (Å²) >= 11 is 0. The molecule has 0 amide bonds. The maximum atomic E-state index is 14.7. The van der Waals surface area contributed by atoms with Crippen LogP contribution in [0.4, 0.5) is 14.5 Å². The van der Waals surface area contributed by atoms with Crippen LogP contribution >= 0.6 is 0 Å². The molecule has 190 valence electrons. The van der Waals surface area contributed by atoms with Gasteiger partial charge in [-0.15, -0.1) is 0 Å². The molecule has 12 heteroatoms. The van der Waals surface area contributed by atoms with Crippen LogP contribution < -0.4 is 10.7 Å². The van der Waals surface area contributed by atoms with Crippen molar-refractivity contribution < 1.29 is 18.8 Å². The predicted octanol–water partition coefficient (Wildman–Crippen LogP) is 2.67. The van der Waals surface area contributed by atoms with Gasteiger partial charge in [0.25, 0.3) is 5.69 Å². The molecule has 10 nitrogen and oxygen atoms in total. The summed E-state index contributed by atoms with van der Waals surface area (Å²) in [6.45, 7) is 0.322. The third kappa shape index (κ3) is 5.39. The smallest absolute Gasteiger partial charge is 0.269 e. The fourth-order valence-corrected chi connectivity index (χ4v) is 4.35. The number of hydrogen-bond acceptors (Lipinski definition) is 8. The number of nitro groups is 1. The van der Waals surface area contributed by atoms with Crippen LogP contribution in [-0.4, -0.2) is 42.4 Å². The Morgan fingerprint density at radius 3 is 2.70 bits per heavy atom. The number of benzene rings is 2. The van der Waals surface area contributed by atoms with Crippen LogP contribution in [0.15, 0.2) is 90.8 Å². The molecular formula is C25H23F2N7O3. The Morgan fingerprint density at radius 2 is 2.00 bits per heavy atom. The topological polar surface area (TPSA) is 121 Å². The molecule has 0 saturated heterocycles. The molecule has 2 heterocycles. The van der Waals surface area contributed by atoms with Crippen LogP contribution in [-0.2, 0) is 18.7 Å². The fourth-order valence-electron chi connectivity index (χ4n) is 4.35. The van der Waals surface area contributed by atoms with E-state index in [2.05, 4.69) is 20.8 Å². The van der Waals surface area contributed by atoms with E-state index >= 15 is 0 Å². The highest BCUT2D eigenvalue weighted by molar-refractivity contribution is 5.43. The number of aromatic nitrogens is 3. The monoisotopic (exact) mass is 507 g/mol. The van der Waals surface area contributed by atoms with Gasteiger partial charge in [0.1, 0.15) is 29.9 Å². The molecule has 0 radical (unpaired) electrons. The quantitative estimate of drug-likeness (QED) is 0.299. The number of aliphatic hydroxyl groups is 1. The van der Waals surface area contributed by atoms with Crippen LogP contribution in [0.3, 0.4) is 0 Å². The average Bonchev–Trinajstić information content (AvgIpc) is 3.51. The van der Waals surface area contributed by atoms with E-state index in [9.17, 15) is 24.0 Å². The summed E-state index contributed by atoms with van der Waals surface area (Å²) in [5.41, 5.74) is 4.12. The van der Waals surface area contributed by atoms with Gasteiger partial charge in [0, 0.05) is 42.2 Å². The summed E-state index contributed by atoms with van der Waals surface area (Å²) in [6, 6.07) is 9.25. The number of fused-ring (bicyclic) bond motifs is 1. The lowest BCUT2D eigenvalue weighted by atomic mass is 9.92. The molecule has 0 saturated carbocycles. The minimum atomic E-state index is -1.76. The first kappa shape index (κ1) is 24.3. The highest BCUT2D eigenvalue weighted by Gasteiger charge is 2.37. The average molecular weight is 508 g/mol. The third-order valence-electron chi connectivity index (χ3n) is 6.16. The maximum Gasteiger partial charge on any atom is 0.269 e. The molecule has 2 aliphatic rings. The molecule has 1 aromatic heterocycles. The molecule has 2 unspecified atom stereocenters. The number of nitrogens with zero attached hydrogens (tertiary/aromatic N) is 5. The van der Waals surface area contributed by atoms with E-state index in [1.54, 1.807) is 17.1 Å². The number of allylic oxidation sites excluding steroid dienone is 1. The predicted molar refractivity (Wildman–Crippen MR) is 129 cm³/mol. The lowest BCUT2D eigenvalue weighted by molar-refractivity contribution is -0.384. The van der Waals surface area contributed by atoms with Gasteiger partial charge in [0.2, 0.25) is 0 Å². The zero-order valence-electron chi connectivity index (χ0n) is 19.5. The highest BCUT2D eigenvalue weighted by atomic mass is 19.1. The molecule has 2 aromatic carbocycles. The number of hydrazine groups is 1. The Bertz CT molecular complexity index is 1390. The highest BCUT2D eigenvalue weighted by Crippen LogP contribution is 2.30. The Morgan fingerprint density at radius 1 is 1.19 bits per heavy atom. The van der Waals surface area contributed by atoms with Crippen molar-refractivity contribution >= 4 is 5.69 Å². The Kier molecular flexibility index (Phi) is 6.51. The largest absolute Gasteiger partial charge is 0.381 e. The minimum Gasteiger partial charge on any atom is -0.381 e. The second-order valence-corrected chi connectivity index (χ2v) is 8.85. The molecule has 0 bridgehead atoms. The summed E-state index contributed by atoms with van der Waals surface area (Å²) in [5.74, 6) is -1.59. The van der Waals surface area contributed by atoms with E-state index in [-0.39, 0.29) is 30.4 Å². The zero-order chi connectivity index (χ0) is 26.0. The Balaban J connectivity index is 1.31. The number of hydrogen-bond donors (Lipinski definition) is 3. The van der Waals surface area contributed by atoms with E-state index in [0.29, 0.717) is 6.54 Å². The van der Waals surface area contributed by atoms with Gasteiger partial charge in [-0.1, -0.05) is 24.3 Å². The molecule has 1 aliphatic heterocycles. The molecule has 5 rings (SSSR count). The van der Waals surface area contributed by atoms with Gasteiger partial charge < -0.3 is 15.4 Å². The molecule has 2 atom stereocenters. The van der Waals surface area contributed by atoms with Crippen molar-refractivity contribution in [2.45, 2.75) is 24.7 Å². The van der Waals surface area contributed by atoms with E-state index in [1.165, 1.54) is 35.5 Å². The zero-order valence-corrected chi connectivity index (χ0v) is 19.5. The fraction of sp³-hybridized carbons (Fsp3) is 0.200. The van der Waals surface area contributed by atoms with Crippen molar-refractivity contribution in [2.24, 2.45) is 0 Å². The van der Waals surface area contributed by atoms with Crippen LogP contribution in [0.25, 0.3) is 0 Å². The number of halogens is 2. The van der Waals surface area contributed by atoms with Crippen molar-refractivity contribution in [3.63, 3.8) is 0 Å². The molecule has 3 aromatic rings. The van der Waals surface area contributed by atoms with E-state index in [4.69, 9.17) is 0 Å². The van der Waals surface area contributed by atoms with Crippen LogP contribution in [0.5, 0.6) is 0 Å². The van der Waals surface area contributed by atoms with Crippen LogP contribution in [0.2, 0.25) is 0 Å². The number of nitro benzene ring substituents is 1. The summed E-state index contributed by atoms with van der Waals surface area (Å²) in [7, 11) is 0. The minimum absolute atomic E-state index is 0.0370. The Labute approximate surface area is 210 Å². The summed E-state index contributed by atoms with van der Waals surface area (Å²) in [4.78, 5) is 14.3. The van der Waals surface area contributed by atoms with Gasteiger partial charge in [-0.05, 0) is 29.4 Å². The molecule has 0 spiro atoms. The van der Waals surface area contributed by atoms with Crippen molar-refractivity contribution in [3.8, 4) is 0 Å². The van der Waals surface area contributed by atoms with Gasteiger partial charge in [-0.25, -0.2) is 23.9 Å². The Hall–Kier alpha value is -4.42. The van der Waals surface area contributed by atoms with Crippen molar-refractivity contribution in [1.29, 1.82) is 0 Å². The normalized spacial score (nSPS) is 18.1. The van der Waals surface area contributed by atoms with E-state index < -0.39 is 22.2 Å². The first-order valence-electron chi connectivity index (χ1n) is 11.4. The second kappa shape index (κ2) is 9.91.